The summed E-state index contributed by atoms with van der Waals surface area (Å²) in [5.74, 6) is 0.752. The summed E-state index contributed by atoms with van der Waals surface area (Å²) in [6, 6.07) is 11.4. The third-order valence-electron chi connectivity index (χ3n) is 5.78. The Labute approximate surface area is 181 Å². The van der Waals surface area contributed by atoms with Crippen molar-refractivity contribution in [1.29, 1.82) is 0 Å². The van der Waals surface area contributed by atoms with Crippen LogP contribution in [0.15, 0.2) is 42.6 Å². The number of rotatable bonds is 4. The van der Waals surface area contributed by atoms with Crippen molar-refractivity contribution in [2.75, 3.05) is 23.3 Å². The molecule has 0 atom stereocenters. The molecule has 0 spiro atoms. The number of benzene rings is 1. The van der Waals surface area contributed by atoms with E-state index in [4.69, 9.17) is 5.73 Å². The van der Waals surface area contributed by atoms with E-state index in [2.05, 4.69) is 41.1 Å². The topological polar surface area (TPSA) is 106 Å². The van der Waals surface area contributed by atoms with Gasteiger partial charge in [0.25, 0.3) is 5.91 Å². The maximum Gasteiger partial charge on any atom is 0.256 e. The van der Waals surface area contributed by atoms with Crippen LogP contribution in [0.3, 0.4) is 0 Å². The molecule has 2 amide bonds. The normalized spacial score (nSPS) is 15.3. The molecule has 0 radical (unpaired) electrons. The fourth-order valence-corrected chi connectivity index (χ4v) is 3.80. The molecule has 31 heavy (non-hydrogen) atoms. The predicted molar refractivity (Wildman–Crippen MR) is 120 cm³/mol. The summed E-state index contributed by atoms with van der Waals surface area (Å²) in [6.07, 6.45) is 3.17. The Morgan fingerprint density at radius 1 is 1.06 bits per heavy atom. The molecule has 1 saturated heterocycles. The number of carbonyl (C=O) groups excluding carboxylic acids is 2. The zero-order valence-corrected chi connectivity index (χ0v) is 18.1. The van der Waals surface area contributed by atoms with E-state index in [0.29, 0.717) is 17.0 Å². The Kier molecular flexibility index (Phi) is 5.39. The molecule has 0 saturated carbocycles. The van der Waals surface area contributed by atoms with Gasteiger partial charge in [-0.2, -0.15) is 0 Å². The fourth-order valence-electron chi connectivity index (χ4n) is 3.80. The molecule has 1 aromatic carbocycles. The molecule has 8 nitrogen and oxygen atoms in total. The van der Waals surface area contributed by atoms with E-state index in [1.165, 1.54) is 5.56 Å². The minimum absolute atomic E-state index is 0.0368. The summed E-state index contributed by atoms with van der Waals surface area (Å²) in [5.41, 5.74) is 7.85. The first kappa shape index (κ1) is 20.8. The fraction of sp³-hybridized carbons (Fsp3) is 0.391. The molecule has 0 aliphatic carbocycles. The second-order valence-corrected chi connectivity index (χ2v) is 9.07. The maximum atomic E-state index is 12.6. The van der Waals surface area contributed by atoms with Crippen LogP contribution in [0.5, 0.6) is 0 Å². The Morgan fingerprint density at radius 3 is 2.35 bits per heavy atom. The van der Waals surface area contributed by atoms with Gasteiger partial charge in [-0.15, -0.1) is 5.10 Å². The molecule has 3 aromatic rings. The lowest BCUT2D eigenvalue weighted by Gasteiger charge is -2.31. The van der Waals surface area contributed by atoms with Gasteiger partial charge in [0.2, 0.25) is 5.91 Å². The van der Waals surface area contributed by atoms with Gasteiger partial charge in [-0.1, -0.05) is 32.9 Å². The minimum Gasteiger partial charge on any atom is -0.369 e. The minimum atomic E-state index is -0.230. The smallest absolute Gasteiger partial charge is 0.256 e. The second kappa shape index (κ2) is 8.02. The lowest BCUT2D eigenvalue weighted by molar-refractivity contribution is -0.122. The Morgan fingerprint density at radius 2 is 1.74 bits per heavy atom. The number of primary amides is 1. The summed E-state index contributed by atoms with van der Waals surface area (Å²) in [5, 5.41) is 7.47. The molecular formula is C23H28N6O2. The largest absolute Gasteiger partial charge is 0.369 e. The molecule has 0 bridgehead atoms. The van der Waals surface area contributed by atoms with E-state index in [-0.39, 0.29) is 23.1 Å². The number of nitrogens with one attached hydrogen (secondary N) is 1. The summed E-state index contributed by atoms with van der Waals surface area (Å²) in [7, 11) is 0. The van der Waals surface area contributed by atoms with Crippen LogP contribution in [0, 0.1) is 5.92 Å². The summed E-state index contributed by atoms with van der Waals surface area (Å²) in [4.78, 5) is 30.6. The Balaban J connectivity index is 1.46. The highest BCUT2D eigenvalue weighted by Crippen LogP contribution is 2.24. The van der Waals surface area contributed by atoms with Gasteiger partial charge >= 0.3 is 0 Å². The van der Waals surface area contributed by atoms with Crippen molar-refractivity contribution >= 4 is 29.1 Å². The Hall–Kier alpha value is -3.42. The third-order valence-corrected chi connectivity index (χ3v) is 5.78. The number of imidazole rings is 1. The lowest BCUT2D eigenvalue weighted by Crippen LogP contribution is -2.39. The summed E-state index contributed by atoms with van der Waals surface area (Å²) < 4.78 is 1.66. The van der Waals surface area contributed by atoms with Gasteiger partial charge in [0.05, 0.1) is 6.20 Å². The van der Waals surface area contributed by atoms with Gasteiger partial charge in [0.1, 0.15) is 5.82 Å². The van der Waals surface area contributed by atoms with Crippen LogP contribution in [0.25, 0.3) is 5.65 Å². The highest BCUT2D eigenvalue weighted by molar-refractivity contribution is 6.03. The van der Waals surface area contributed by atoms with Crippen molar-refractivity contribution < 1.29 is 9.59 Å². The van der Waals surface area contributed by atoms with Crippen LogP contribution in [0.1, 0.15) is 49.5 Å². The molecule has 1 aliphatic rings. The quantitative estimate of drug-likeness (QED) is 0.675. The summed E-state index contributed by atoms with van der Waals surface area (Å²) >= 11 is 0. The SMILES string of the molecule is CC(C)(C)c1ccc(C(=O)Nc2cn3nc(N4CCC(C(N)=O)CC4)ccc3n2)cc1. The van der Waals surface area contributed by atoms with Crippen LogP contribution in [0.4, 0.5) is 11.6 Å². The maximum absolute atomic E-state index is 12.6. The van der Waals surface area contributed by atoms with Crippen LogP contribution in [-0.4, -0.2) is 39.5 Å². The van der Waals surface area contributed by atoms with Crippen molar-refractivity contribution in [3.63, 3.8) is 0 Å². The average Bonchev–Trinajstić information content (AvgIpc) is 3.14. The average molecular weight is 421 g/mol. The zero-order valence-electron chi connectivity index (χ0n) is 18.1. The third kappa shape index (κ3) is 4.52. The van der Waals surface area contributed by atoms with E-state index < -0.39 is 0 Å². The van der Waals surface area contributed by atoms with Crippen molar-refractivity contribution in [3.8, 4) is 0 Å². The number of nitrogens with two attached hydrogens (primary N) is 1. The molecular weight excluding hydrogens is 392 g/mol. The molecule has 1 fully saturated rings. The van der Waals surface area contributed by atoms with E-state index in [1.54, 1.807) is 10.7 Å². The first-order chi connectivity index (χ1) is 14.7. The predicted octanol–water partition coefficient (Wildman–Crippen LogP) is 2.98. The first-order valence-electron chi connectivity index (χ1n) is 10.5. The molecule has 162 valence electrons. The van der Waals surface area contributed by atoms with E-state index in [9.17, 15) is 9.59 Å². The molecule has 3 heterocycles. The van der Waals surface area contributed by atoms with Gasteiger partial charge in [0, 0.05) is 24.6 Å². The van der Waals surface area contributed by atoms with Crippen molar-refractivity contribution in [1.82, 2.24) is 14.6 Å². The molecule has 8 heteroatoms. The number of piperidine rings is 1. The molecule has 0 unspecified atom stereocenters. The van der Waals surface area contributed by atoms with Crippen molar-refractivity contribution in [2.24, 2.45) is 11.7 Å². The Bertz CT molecular complexity index is 1110. The first-order valence-corrected chi connectivity index (χ1v) is 10.5. The molecule has 1 aliphatic heterocycles. The van der Waals surface area contributed by atoms with Gasteiger partial charge in [-0.3, -0.25) is 9.59 Å². The number of hydrogen-bond acceptors (Lipinski definition) is 5. The monoisotopic (exact) mass is 420 g/mol. The van der Waals surface area contributed by atoms with Crippen molar-refractivity contribution in [2.45, 2.75) is 39.0 Å². The lowest BCUT2D eigenvalue weighted by atomic mass is 9.87. The van der Waals surface area contributed by atoms with Crippen LogP contribution in [0.2, 0.25) is 0 Å². The van der Waals surface area contributed by atoms with E-state index >= 15 is 0 Å². The second-order valence-electron chi connectivity index (χ2n) is 9.07. The number of carbonyl (C=O) groups is 2. The number of amides is 2. The van der Waals surface area contributed by atoms with E-state index in [0.717, 1.165) is 31.7 Å². The molecule has 2 aromatic heterocycles. The van der Waals surface area contributed by atoms with Gasteiger partial charge in [0.15, 0.2) is 11.5 Å². The van der Waals surface area contributed by atoms with Crippen LogP contribution < -0.4 is 16.0 Å². The number of fused-ring (bicyclic) bond motifs is 1. The number of anilines is 2. The number of hydrogen-bond donors (Lipinski definition) is 2. The number of nitrogens with zero attached hydrogens (tertiary/aromatic N) is 4. The highest BCUT2D eigenvalue weighted by Gasteiger charge is 2.24. The van der Waals surface area contributed by atoms with Gasteiger partial charge in [-0.25, -0.2) is 9.50 Å². The summed E-state index contributed by atoms with van der Waals surface area (Å²) in [6.45, 7) is 7.88. The molecule has 4 rings (SSSR count). The van der Waals surface area contributed by atoms with Gasteiger partial charge < -0.3 is 16.0 Å². The van der Waals surface area contributed by atoms with Crippen LogP contribution in [-0.2, 0) is 10.2 Å². The zero-order chi connectivity index (χ0) is 22.2. The highest BCUT2D eigenvalue weighted by atomic mass is 16.2. The van der Waals surface area contributed by atoms with Gasteiger partial charge in [-0.05, 0) is 48.1 Å². The van der Waals surface area contributed by atoms with Crippen LogP contribution >= 0.6 is 0 Å². The van der Waals surface area contributed by atoms with E-state index in [1.807, 2.05) is 36.4 Å². The number of aromatic nitrogens is 3. The van der Waals surface area contributed by atoms with Crippen molar-refractivity contribution in [3.05, 3.63) is 53.7 Å². The molecule has 3 N–H and O–H groups in total. The standard InChI is InChI=1S/C23H28N6O2/c1-23(2,3)17-6-4-16(5-7-17)22(31)26-18-14-29-19(25-18)8-9-20(27-29)28-12-10-15(11-13-28)21(24)30/h4-9,14-15H,10-13H2,1-3H3,(H2,24,30)(H,26,31).